The van der Waals surface area contributed by atoms with Crippen molar-refractivity contribution in [2.75, 3.05) is 31.2 Å². The summed E-state index contributed by atoms with van der Waals surface area (Å²) >= 11 is 1.71. The van der Waals surface area contributed by atoms with Gasteiger partial charge in [-0.1, -0.05) is 26.0 Å². The zero-order valence-corrected chi connectivity index (χ0v) is 22.8. The van der Waals surface area contributed by atoms with Gasteiger partial charge in [0, 0.05) is 36.7 Å². The smallest absolute Gasteiger partial charge is 0.275 e. The summed E-state index contributed by atoms with van der Waals surface area (Å²) in [7, 11) is 0. The van der Waals surface area contributed by atoms with Crippen molar-refractivity contribution in [3.8, 4) is 0 Å². The monoisotopic (exact) mass is 528 g/mol. The first-order valence-electron chi connectivity index (χ1n) is 13.0. The molecule has 1 N–H and O–H groups in total. The molecule has 5 aromatic rings. The van der Waals surface area contributed by atoms with Crippen LogP contribution in [0.5, 0.6) is 0 Å². The van der Waals surface area contributed by atoms with Crippen molar-refractivity contribution in [2.24, 2.45) is 0 Å². The molecule has 0 spiro atoms. The number of carbonyl (C=O) groups excluding carboxylic acids is 1. The molecule has 0 aliphatic carbocycles. The first-order valence-corrected chi connectivity index (χ1v) is 14.2. The summed E-state index contributed by atoms with van der Waals surface area (Å²) < 4.78 is 11.8. The van der Waals surface area contributed by atoms with E-state index >= 15 is 0 Å². The number of fused-ring (bicyclic) bond motifs is 2. The molecule has 8 heteroatoms. The highest BCUT2D eigenvalue weighted by molar-refractivity contribution is 7.98. The van der Waals surface area contributed by atoms with Gasteiger partial charge in [0.1, 0.15) is 34.6 Å². The number of nitrogens with zero attached hydrogens (tertiary/aromatic N) is 3. The van der Waals surface area contributed by atoms with Crippen molar-refractivity contribution >= 4 is 45.6 Å². The van der Waals surface area contributed by atoms with Crippen LogP contribution in [0.15, 0.2) is 74.7 Å². The first-order chi connectivity index (χ1) is 18.6. The third kappa shape index (κ3) is 5.61. The molecule has 0 aliphatic rings. The minimum atomic E-state index is -0.284. The summed E-state index contributed by atoms with van der Waals surface area (Å²) in [5.74, 6) is 1.16. The van der Waals surface area contributed by atoms with Crippen molar-refractivity contribution in [3.05, 3.63) is 83.6 Å². The molecule has 0 saturated carbocycles. The van der Waals surface area contributed by atoms with E-state index in [1.807, 2.05) is 12.3 Å². The lowest BCUT2D eigenvalue weighted by Crippen LogP contribution is -2.28. The number of nitrogens with one attached hydrogen (secondary N) is 1. The maximum atomic E-state index is 12.6. The Morgan fingerprint density at radius 2 is 1.89 bits per heavy atom. The molecule has 0 saturated heterocycles. The molecule has 0 unspecified atom stereocenters. The van der Waals surface area contributed by atoms with E-state index in [-0.39, 0.29) is 5.91 Å². The van der Waals surface area contributed by atoms with Crippen molar-refractivity contribution in [3.63, 3.8) is 0 Å². The minimum absolute atomic E-state index is 0.284. The number of carbonyl (C=O) groups is 1. The van der Waals surface area contributed by atoms with Crippen LogP contribution in [0.2, 0.25) is 0 Å². The first kappa shape index (κ1) is 26.0. The molecule has 4 aromatic heterocycles. The highest BCUT2D eigenvalue weighted by Gasteiger charge is 2.17. The number of benzene rings is 1. The van der Waals surface area contributed by atoms with Gasteiger partial charge in [-0.25, -0.2) is 4.98 Å². The van der Waals surface area contributed by atoms with Crippen LogP contribution in [0.25, 0.3) is 22.1 Å². The molecule has 0 radical (unpaired) electrons. The van der Waals surface area contributed by atoms with Gasteiger partial charge in [0.05, 0.1) is 4.90 Å². The van der Waals surface area contributed by atoms with E-state index in [2.05, 4.69) is 53.5 Å². The van der Waals surface area contributed by atoms with Gasteiger partial charge in [0.15, 0.2) is 5.58 Å². The second-order valence-corrected chi connectivity index (χ2v) is 9.99. The van der Waals surface area contributed by atoms with Gasteiger partial charge < -0.3 is 19.1 Å². The SMILES string of the molecule is CCc1oc2ccc(NC(=O)c3ccccn3)nc2c1CCN(CC)CCc1ccc2occ(SC)c2c1. The predicted octanol–water partition coefficient (Wildman–Crippen LogP) is 6.61. The highest BCUT2D eigenvalue weighted by atomic mass is 32.2. The molecule has 7 nitrogen and oxygen atoms in total. The van der Waals surface area contributed by atoms with Crippen LogP contribution >= 0.6 is 11.8 Å². The number of pyridine rings is 2. The quantitative estimate of drug-likeness (QED) is 0.193. The fourth-order valence-corrected chi connectivity index (χ4v) is 5.24. The Hall–Kier alpha value is -3.62. The molecule has 38 heavy (non-hydrogen) atoms. The van der Waals surface area contributed by atoms with E-state index in [1.54, 1.807) is 42.2 Å². The fourth-order valence-electron chi connectivity index (χ4n) is 4.71. The van der Waals surface area contributed by atoms with E-state index in [9.17, 15) is 4.79 Å². The Kier molecular flexibility index (Phi) is 8.10. The molecule has 5 rings (SSSR count). The average molecular weight is 529 g/mol. The Labute approximate surface area is 226 Å². The molecule has 196 valence electrons. The van der Waals surface area contributed by atoms with Gasteiger partial charge in [-0.3, -0.25) is 9.78 Å². The number of likely N-dealkylation sites (N-methyl/N-ethyl adjacent to an activating group) is 1. The number of rotatable bonds is 11. The lowest BCUT2D eigenvalue weighted by Gasteiger charge is -2.20. The summed E-state index contributed by atoms with van der Waals surface area (Å²) in [5, 5.41) is 4.05. The summed E-state index contributed by atoms with van der Waals surface area (Å²) in [6.45, 7) is 7.11. The van der Waals surface area contributed by atoms with Crippen LogP contribution in [0.1, 0.15) is 41.2 Å². The van der Waals surface area contributed by atoms with Gasteiger partial charge in [-0.05, 0) is 67.6 Å². The Bertz CT molecular complexity index is 1540. The highest BCUT2D eigenvalue weighted by Crippen LogP contribution is 2.30. The van der Waals surface area contributed by atoms with E-state index in [1.165, 1.54) is 15.8 Å². The Morgan fingerprint density at radius 3 is 2.66 bits per heavy atom. The average Bonchev–Trinajstić information content (AvgIpc) is 3.53. The molecule has 1 amide bonds. The van der Waals surface area contributed by atoms with Gasteiger partial charge in [-0.2, -0.15) is 0 Å². The number of aryl methyl sites for hydroxylation is 1. The second kappa shape index (κ2) is 11.8. The van der Waals surface area contributed by atoms with Gasteiger partial charge in [0.25, 0.3) is 5.91 Å². The summed E-state index contributed by atoms with van der Waals surface area (Å²) in [6.07, 6.45) is 8.09. The van der Waals surface area contributed by atoms with Crippen molar-refractivity contribution in [1.82, 2.24) is 14.9 Å². The van der Waals surface area contributed by atoms with Crippen molar-refractivity contribution in [2.45, 2.75) is 38.0 Å². The maximum absolute atomic E-state index is 12.6. The van der Waals surface area contributed by atoms with Crippen LogP contribution in [0.3, 0.4) is 0 Å². The summed E-state index contributed by atoms with van der Waals surface area (Å²) in [4.78, 5) is 25.1. The van der Waals surface area contributed by atoms with E-state index in [4.69, 9.17) is 13.8 Å². The summed E-state index contributed by atoms with van der Waals surface area (Å²) in [5.41, 5.74) is 5.27. The fraction of sp³-hybridized carbons (Fsp3) is 0.300. The number of anilines is 1. The number of amides is 1. The number of thioether (sulfide) groups is 1. The van der Waals surface area contributed by atoms with Gasteiger partial charge >= 0.3 is 0 Å². The molecule has 0 fully saturated rings. The van der Waals surface area contributed by atoms with Crippen LogP contribution < -0.4 is 5.32 Å². The molecule has 0 bridgehead atoms. The van der Waals surface area contributed by atoms with Crippen molar-refractivity contribution in [1.29, 1.82) is 0 Å². The predicted molar refractivity (Wildman–Crippen MR) is 153 cm³/mol. The number of aromatic nitrogens is 2. The normalized spacial score (nSPS) is 11.6. The van der Waals surface area contributed by atoms with E-state index < -0.39 is 0 Å². The minimum Gasteiger partial charge on any atom is -0.463 e. The topological polar surface area (TPSA) is 84.4 Å². The van der Waals surface area contributed by atoms with Gasteiger partial charge in [0.2, 0.25) is 0 Å². The molecular weight excluding hydrogens is 496 g/mol. The molecule has 0 atom stereocenters. The van der Waals surface area contributed by atoms with Crippen LogP contribution in [0.4, 0.5) is 5.82 Å². The largest absolute Gasteiger partial charge is 0.463 e. The molecular formula is C30H32N4O3S. The van der Waals surface area contributed by atoms with Crippen LogP contribution in [-0.4, -0.2) is 46.7 Å². The molecule has 1 aromatic carbocycles. The lowest BCUT2D eigenvalue weighted by atomic mass is 10.1. The zero-order valence-electron chi connectivity index (χ0n) is 22.0. The number of hydrogen-bond acceptors (Lipinski definition) is 7. The van der Waals surface area contributed by atoms with Crippen LogP contribution in [-0.2, 0) is 19.3 Å². The molecule has 4 heterocycles. The standard InChI is InChI=1S/C30H32N4O3S/c1-4-24-21(29-26(37-24)11-12-28(32-29)33-30(35)23-8-6-7-15-31-23)14-17-34(5-2)16-13-20-9-10-25-22(18-20)27(38-3)19-36-25/h6-12,15,18-19H,4-5,13-14,16-17H2,1-3H3,(H,32,33,35). The lowest BCUT2D eigenvalue weighted by molar-refractivity contribution is 0.102. The molecule has 0 aliphatic heterocycles. The number of furan rings is 2. The summed E-state index contributed by atoms with van der Waals surface area (Å²) in [6, 6.07) is 15.4. The zero-order chi connectivity index (χ0) is 26.5. The van der Waals surface area contributed by atoms with Crippen molar-refractivity contribution < 1.29 is 13.6 Å². The van der Waals surface area contributed by atoms with Gasteiger partial charge in [-0.15, -0.1) is 11.8 Å². The third-order valence-corrected chi connectivity index (χ3v) is 7.59. The van der Waals surface area contributed by atoms with E-state index in [0.29, 0.717) is 11.5 Å². The second-order valence-electron chi connectivity index (χ2n) is 9.14. The maximum Gasteiger partial charge on any atom is 0.275 e. The van der Waals surface area contributed by atoms with Crippen LogP contribution in [0, 0.1) is 0 Å². The third-order valence-electron chi connectivity index (χ3n) is 6.84. The Morgan fingerprint density at radius 1 is 1.05 bits per heavy atom. The van der Waals surface area contributed by atoms with E-state index in [0.717, 1.165) is 66.9 Å². The Balaban J connectivity index is 1.28. The number of hydrogen-bond donors (Lipinski definition) is 1.